The molecule has 31 heavy (non-hydrogen) atoms. The highest BCUT2D eigenvalue weighted by Gasteiger charge is 2.28. The highest BCUT2D eigenvalue weighted by atomic mass is 16.5. The van der Waals surface area contributed by atoms with Crippen molar-refractivity contribution in [2.45, 2.75) is 25.9 Å². The maximum atomic E-state index is 12.7. The number of nitrogens with one attached hydrogen (secondary N) is 2. The van der Waals surface area contributed by atoms with Crippen LogP contribution in [0.3, 0.4) is 0 Å². The summed E-state index contributed by atoms with van der Waals surface area (Å²) in [6, 6.07) is 13.9. The molecule has 0 bridgehead atoms. The molecule has 0 radical (unpaired) electrons. The summed E-state index contributed by atoms with van der Waals surface area (Å²) in [7, 11) is 0. The molecule has 0 fully saturated rings. The third-order valence-electron chi connectivity index (χ3n) is 5.30. The molecule has 1 atom stereocenters. The minimum absolute atomic E-state index is 0.0762. The van der Waals surface area contributed by atoms with Crippen LogP contribution >= 0.6 is 0 Å². The van der Waals surface area contributed by atoms with Gasteiger partial charge in [0, 0.05) is 29.7 Å². The van der Waals surface area contributed by atoms with Gasteiger partial charge < -0.3 is 13.8 Å². The fourth-order valence-electron chi connectivity index (χ4n) is 3.76. The maximum Gasteiger partial charge on any atom is 0.340 e. The number of pyridine rings is 1. The fourth-order valence-corrected chi connectivity index (χ4v) is 3.76. The Kier molecular flexibility index (Phi) is 4.83. The lowest BCUT2D eigenvalue weighted by Crippen LogP contribution is -2.32. The van der Waals surface area contributed by atoms with E-state index in [0.29, 0.717) is 29.7 Å². The molecule has 2 N–H and O–H groups in total. The minimum Gasteiger partial charge on any atom is -0.467 e. The Bertz CT molecular complexity index is 1200. The van der Waals surface area contributed by atoms with Gasteiger partial charge in [-0.2, -0.15) is 4.98 Å². The number of carbonyl (C=O) groups excluding carboxylic acids is 1. The molecule has 4 aromatic rings. The lowest BCUT2D eigenvalue weighted by atomic mass is 10.1. The molecule has 1 amide bonds. The topological polar surface area (TPSA) is 109 Å². The largest absolute Gasteiger partial charge is 0.467 e. The van der Waals surface area contributed by atoms with E-state index in [-0.39, 0.29) is 11.9 Å². The number of para-hydroxylation sites is 1. The maximum absolute atomic E-state index is 12.7. The standard InChI is InChI=1S/C22H20N6O3/c1-14-12-16-4-2-3-5-18(16)28(14)13-19-17(8-11-30-19)21(29)25-26-22-24-20(27-31-22)15-6-9-23-10-7-15/h2-11,14H,12-13H2,1H3,(H,25,29)(H,24,26,27). The van der Waals surface area contributed by atoms with Crippen LogP contribution in [-0.2, 0) is 13.0 Å². The van der Waals surface area contributed by atoms with Gasteiger partial charge >= 0.3 is 6.01 Å². The Morgan fingerprint density at radius 2 is 2.03 bits per heavy atom. The Balaban J connectivity index is 1.26. The van der Waals surface area contributed by atoms with Gasteiger partial charge in [-0.05, 0) is 43.2 Å². The average molecular weight is 416 g/mol. The number of benzene rings is 1. The van der Waals surface area contributed by atoms with E-state index in [1.165, 1.54) is 17.5 Å². The molecule has 156 valence electrons. The van der Waals surface area contributed by atoms with Crippen LogP contribution in [0.5, 0.6) is 0 Å². The minimum atomic E-state index is -0.354. The van der Waals surface area contributed by atoms with Crippen molar-refractivity contribution in [2.24, 2.45) is 0 Å². The van der Waals surface area contributed by atoms with Crippen molar-refractivity contribution in [3.63, 3.8) is 0 Å². The molecule has 0 saturated heterocycles. The molecule has 9 nitrogen and oxygen atoms in total. The van der Waals surface area contributed by atoms with Crippen LogP contribution in [0.4, 0.5) is 11.7 Å². The summed E-state index contributed by atoms with van der Waals surface area (Å²) in [5, 5.41) is 3.89. The van der Waals surface area contributed by atoms with Gasteiger partial charge in [0.25, 0.3) is 5.91 Å². The summed E-state index contributed by atoms with van der Waals surface area (Å²) in [5.41, 5.74) is 8.92. The summed E-state index contributed by atoms with van der Waals surface area (Å²) < 4.78 is 10.8. The number of hydrazine groups is 1. The van der Waals surface area contributed by atoms with Crippen LogP contribution in [0.1, 0.15) is 28.6 Å². The van der Waals surface area contributed by atoms with Gasteiger partial charge in [0.05, 0.1) is 18.4 Å². The van der Waals surface area contributed by atoms with Gasteiger partial charge in [0.2, 0.25) is 5.82 Å². The summed E-state index contributed by atoms with van der Waals surface area (Å²) in [6.07, 6.45) is 5.77. The zero-order valence-corrected chi connectivity index (χ0v) is 16.8. The number of rotatable bonds is 6. The van der Waals surface area contributed by atoms with Gasteiger partial charge in [-0.1, -0.05) is 23.4 Å². The lowest BCUT2D eigenvalue weighted by Gasteiger charge is -2.24. The van der Waals surface area contributed by atoms with Crippen molar-refractivity contribution in [2.75, 3.05) is 10.3 Å². The number of nitrogens with zero attached hydrogens (tertiary/aromatic N) is 4. The quantitative estimate of drug-likeness (QED) is 0.460. The van der Waals surface area contributed by atoms with Crippen molar-refractivity contribution in [3.8, 4) is 11.4 Å². The molecule has 1 aliphatic rings. The van der Waals surface area contributed by atoms with E-state index in [4.69, 9.17) is 8.94 Å². The van der Waals surface area contributed by atoms with Crippen molar-refractivity contribution in [1.29, 1.82) is 0 Å². The molecular weight excluding hydrogens is 396 g/mol. The molecule has 1 unspecified atom stereocenters. The van der Waals surface area contributed by atoms with Gasteiger partial charge in [-0.3, -0.25) is 15.2 Å². The number of hydrogen-bond acceptors (Lipinski definition) is 8. The monoisotopic (exact) mass is 416 g/mol. The second-order valence-corrected chi connectivity index (χ2v) is 7.31. The molecule has 4 heterocycles. The summed E-state index contributed by atoms with van der Waals surface area (Å²) in [5.74, 6) is 0.628. The molecule has 1 aliphatic heterocycles. The predicted octanol–water partition coefficient (Wildman–Crippen LogP) is 3.43. The van der Waals surface area contributed by atoms with E-state index in [2.05, 4.69) is 49.9 Å². The zero-order valence-electron chi connectivity index (χ0n) is 16.8. The van der Waals surface area contributed by atoms with Crippen molar-refractivity contribution >= 4 is 17.6 Å². The SMILES string of the molecule is CC1Cc2ccccc2N1Cc1occc1C(=O)NNc1nc(-c2ccncc2)no1. The summed E-state index contributed by atoms with van der Waals surface area (Å²) >= 11 is 0. The Morgan fingerprint density at radius 1 is 1.19 bits per heavy atom. The predicted molar refractivity (Wildman–Crippen MR) is 113 cm³/mol. The Morgan fingerprint density at radius 3 is 2.90 bits per heavy atom. The highest BCUT2D eigenvalue weighted by molar-refractivity contribution is 5.95. The average Bonchev–Trinajstić information content (AvgIpc) is 3.53. The Hall–Kier alpha value is -4.14. The first-order valence-electron chi connectivity index (χ1n) is 9.90. The van der Waals surface area contributed by atoms with E-state index >= 15 is 0 Å². The molecular formula is C22H20N6O3. The van der Waals surface area contributed by atoms with Crippen LogP contribution in [0.15, 0.2) is 70.1 Å². The van der Waals surface area contributed by atoms with Crippen molar-refractivity contribution < 1.29 is 13.7 Å². The van der Waals surface area contributed by atoms with Crippen LogP contribution in [0.25, 0.3) is 11.4 Å². The summed E-state index contributed by atoms with van der Waals surface area (Å²) in [4.78, 5) is 23.1. The molecule has 0 saturated carbocycles. The molecule has 1 aromatic carbocycles. The van der Waals surface area contributed by atoms with Crippen molar-refractivity contribution in [1.82, 2.24) is 20.6 Å². The number of hydrogen-bond donors (Lipinski definition) is 2. The number of furan rings is 1. The first-order valence-corrected chi connectivity index (χ1v) is 9.90. The Labute approximate surface area is 178 Å². The molecule has 9 heteroatoms. The van der Waals surface area contributed by atoms with E-state index in [1.54, 1.807) is 30.6 Å². The first kappa shape index (κ1) is 18.9. The smallest absolute Gasteiger partial charge is 0.340 e. The van der Waals surface area contributed by atoms with E-state index in [9.17, 15) is 4.79 Å². The number of aromatic nitrogens is 3. The number of anilines is 2. The third kappa shape index (κ3) is 3.73. The zero-order chi connectivity index (χ0) is 21.2. The van der Waals surface area contributed by atoms with Gasteiger partial charge in [0.1, 0.15) is 5.76 Å². The van der Waals surface area contributed by atoms with E-state index < -0.39 is 0 Å². The highest BCUT2D eigenvalue weighted by Crippen LogP contribution is 2.33. The number of fused-ring (bicyclic) bond motifs is 1. The van der Waals surface area contributed by atoms with Crippen LogP contribution < -0.4 is 15.8 Å². The third-order valence-corrected chi connectivity index (χ3v) is 5.30. The second kappa shape index (κ2) is 7.94. The normalized spacial score (nSPS) is 15.0. The first-order chi connectivity index (χ1) is 15.2. The van der Waals surface area contributed by atoms with Crippen LogP contribution in [0, 0.1) is 0 Å². The van der Waals surface area contributed by atoms with Gasteiger partial charge in [-0.15, -0.1) is 0 Å². The van der Waals surface area contributed by atoms with E-state index in [0.717, 1.165) is 12.0 Å². The van der Waals surface area contributed by atoms with Crippen LogP contribution in [0.2, 0.25) is 0 Å². The second-order valence-electron chi connectivity index (χ2n) is 7.31. The molecule has 5 rings (SSSR count). The lowest BCUT2D eigenvalue weighted by molar-refractivity contribution is 0.0959. The molecule has 0 aliphatic carbocycles. The molecule has 3 aromatic heterocycles. The van der Waals surface area contributed by atoms with Gasteiger partial charge in [-0.25, -0.2) is 5.43 Å². The number of amides is 1. The molecule has 0 spiro atoms. The van der Waals surface area contributed by atoms with Crippen molar-refractivity contribution in [3.05, 3.63) is 78.0 Å². The van der Waals surface area contributed by atoms with Gasteiger partial charge in [0.15, 0.2) is 0 Å². The summed E-state index contributed by atoms with van der Waals surface area (Å²) in [6.45, 7) is 2.67. The van der Waals surface area contributed by atoms with E-state index in [1.807, 2.05) is 12.1 Å². The fraction of sp³-hybridized carbons (Fsp3) is 0.182. The number of carbonyl (C=O) groups is 1. The van der Waals surface area contributed by atoms with Crippen LogP contribution in [-0.4, -0.2) is 27.1 Å².